The Balaban J connectivity index is 2.10. The molecule has 0 aliphatic heterocycles. The zero-order valence-corrected chi connectivity index (χ0v) is 13.7. The van der Waals surface area contributed by atoms with Crippen LogP contribution in [-0.2, 0) is 20.0 Å². The summed E-state index contributed by atoms with van der Waals surface area (Å²) in [6.45, 7) is 0.618. The van der Waals surface area contributed by atoms with Gasteiger partial charge in [0.2, 0.25) is 0 Å². The maximum absolute atomic E-state index is 12.8. The van der Waals surface area contributed by atoms with E-state index in [2.05, 4.69) is 10.3 Å². The minimum Gasteiger partial charge on any atom is -0.311 e. The van der Waals surface area contributed by atoms with Crippen LogP contribution in [0.15, 0.2) is 54.7 Å². The van der Waals surface area contributed by atoms with Crippen LogP contribution in [-0.4, -0.2) is 25.7 Å². The molecule has 0 radical (unpaired) electrons. The highest BCUT2D eigenvalue weighted by Crippen LogP contribution is 2.58. The second-order valence-electron chi connectivity index (χ2n) is 4.74. The highest BCUT2D eigenvalue weighted by Gasteiger charge is 2.34. The van der Waals surface area contributed by atoms with Crippen LogP contribution in [0.4, 0.5) is 0 Å². The smallest absolute Gasteiger partial charge is 0.311 e. The monoisotopic (exact) mass is 320 g/mol. The van der Waals surface area contributed by atoms with Crippen molar-refractivity contribution in [2.75, 3.05) is 20.8 Å². The summed E-state index contributed by atoms with van der Waals surface area (Å²) in [4.78, 5) is 4.28. The van der Waals surface area contributed by atoms with Gasteiger partial charge in [0.15, 0.2) is 0 Å². The molecule has 1 atom stereocenters. The maximum Gasteiger partial charge on any atom is 0.351 e. The lowest BCUT2D eigenvalue weighted by Gasteiger charge is -2.25. The number of nitrogens with one attached hydrogen (secondary N) is 1. The first-order valence-electron chi connectivity index (χ1n) is 7.09. The van der Waals surface area contributed by atoms with Crippen molar-refractivity contribution < 1.29 is 13.6 Å². The van der Waals surface area contributed by atoms with Gasteiger partial charge in [-0.05, 0) is 17.7 Å². The topological polar surface area (TPSA) is 60.5 Å². The van der Waals surface area contributed by atoms with E-state index in [0.717, 1.165) is 17.7 Å². The van der Waals surface area contributed by atoms with Gasteiger partial charge in [0.05, 0.1) is 0 Å². The average Bonchev–Trinajstić information content (AvgIpc) is 2.60. The molecule has 1 heterocycles. The number of benzene rings is 1. The van der Waals surface area contributed by atoms with Gasteiger partial charge in [-0.1, -0.05) is 36.4 Å². The van der Waals surface area contributed by atoms with Crippen molar-refractivity contribution >= 4 is 7.60 Å². The van der Waals surface area contributed by atoms with Crippen LogP contribution >= 0.6 is 7.60 Å². The first-order valence-corrected chi connectivity index (χ1v) is 8.70. The Morgan fingerprint density at radius 2 is 1.77 bits per heavy atom. The number of nitrogens with zero attached hydrogens (tertiary/aromatic N) is 1. The Morgan fingerprint density at radius 3 is 2.36 bits per heavy atom. The molecule has 1 aromatic heterocycles. The van der Waals surface area contributed by atoms with E-state index in [1.807, 2.05) is 48.5 Å². The van der Waals surface area contributed by atoms with Gasteiger partial charge in [-0.15, -0.1) is 0 Å². The van der Waals surface area contributed by atoms with E-state index in [4.69, 9.17) is 9.05 Å². The first-order chi connectivity index (χ1) is 10.7. The summed E-state index contributed by atoms with van der Waals surface area (Å²) < 4.78 is 23.1. The maximum atomic E-state index is 12.8. The Morgan fingerprint density at radius 1 is 1.09 bits per heavy atom. The molecule has 2 rings (SSSR count). The minimum atomic E-state index is -3.27. The van der Waals surface area contributed by atoms with Gasteiger partial charge in [0.1, 0.15) is 5.78 Å². The van der Waals surface area contributed by atoms with Crippen molar-refractivity contribution in [3.8, 4) is 0 Å². The quantitative estimate of drug-likeness (QED) is 0.755. The lowest BCUT2D eigenvalue weighted by molar-refractivity contribution is 0.259. The fourth-order valence-corrected chi connectivity index (χ4v) is 3.68. The van der Waals surface area contributed by atoms with Gasteiger partial charge in [-0.25, -0.2) is 0 Å². The first kappa shape index (κ1) is 16.8. The van der Waals surface area contributed by atoms with Gasteiger partial charge in [-0.2, -0.15) is 0 Å². The zero-order chi connectivity index (χ0) is 15.8. The Kier molecular flexibility index (Phi) is 6.28. The summed E-state index contributed by atoms with van der Waals surface area (Å²) in [5.41, 5.74) is 1.85. The van der Waals surface area contributed by atoms with Crippen LogP contribution in [0.2, 0.25) is 0 Å². The lowest BCUT2D eigenvalue weighted by atomic mass is 10.2. The van der Waals surface area contributed by atoms with E-state index >= 15 is 0 Å². The third kappa shape index (κ3) is 4.24. The Hall–Kier alpha value is -1.52. The number of rotatable bonds is 8. The summed E-state index contributed by atoms with van der Waals surface area (Å²) in [6.07, 6.45) is 2.50. The molecule has 0 aliphatic rings. The van der Waals surface area contributed by atoms with Crippen molar-refractivity contribution in [1.82, 2.24) is 10.3 Å². The van der Waals surface area contributed by atoms with Crippen LogP contribution in [0.1, 0.15) is 17.0 Å². The highest BCUT2D eigenvalue weighted by atomic mass is 31.2. The molecule has 0 bridgehead atoms. The van der Waals surface area contributed by atoms with Crippen LogP contribution in [0.3, 0.4) is 0 Å². The molecular formula is C16H21N2O3P. The molecule has 0 spiro atoms. The SMILES string of the molecule is COP(=O)(OC)C(NCCc1ccccn1)c1ccccc1. The standard InChI is InChI=1S/C16H21N2O3P/c1-20-22(19,21-2)16(14-8-4-3-5-9-14)18-13-11-15-10-6-7-12-17-15/h3-10,12,16,18H,11,13H2,1-2H3. The molecule has 0 amide bonds. The summed E-state index contributed by atoms with van der Waals surface area (Å²) in [5.74, 6) is -0.507. The van der Waals surface area contributed by atoms with Gasteiger partial charge < -0.3 is 9.05 Å². The normalized spacial score (nSPS) is 13.0. The summed E-state index contributed by atoms with van der Waals surface area (Å²) >= 11 is 0. The Labute approximate surface area is 131 Å². The van der Waals surface area contributed by atoms with Crippen LogP contribution in [0.25, 0.3) is 0 Å². The molecule has 22 heavy (non-hydrogen) atoms. The summed E-state index contributed by atoms with van der Waals surface area (Å²) in [6, 6.07) is 15.3. The molecule has 1 N–H and O–H groups in total. The van der Waals surface area contributed by atoms with Gasteiger partial charge >= 0.3 is 7.60 Å². The van der Waals surface area contributed by atoms with Crippen molar-refractivity contribution in [2.24, 2.45) is 0 Å². The molecule has 0 fully saturated rings. The largest absolute Gasteiger partial charge is 0.351 e. The number of aromatic nitrogens is 1. The molecule has 5 nitrogen and oxygen atoms in total. The molecule has 0 aliphatic carbocycles. The highest BCUT2D eigenvalue weighted by molar-refractivity contribution is 7.54. The van der Waals surface area contributed by atoms with Gasteiger partial charge in [-0.3, -0.25) is 14.9 Å². The summed E-state index contributed by atoms with van der Waals surface area (Å²) in [5, 5.41) is 3.27. The molecule has 1 aromatic carbocycles. The van der Waals surface area contributed by atoms with E-state index in [9.17, 15) is 4.57 Å². The molecule has 0 saturated carbocycles. The second-order valence-corrected chi connectivity index (χ2v) is 7.07. The van der Waals surface area contributed by atoms with E-state index in [0.29, 0.717) is 6.54 Å². The molecular weight excluding hydrogens is 299 g/mol. The third-order valence-corrected chi connectivity index (χ3v) is 5.52. The zero-order valence-electron chi connectivity index (χ0n) is 12.8. The van der Waals surface area contributed by atoms with Crippen molar-refractivity contribution in [1.29, 1.82) is 0 Å². The van der Waals surface area contributed by atoms with Crippen molar-refractivity contribution in [3.05, 3.63) is 66.0 Å². The van der Waals surface area contributed by atoms with Crippen LogP contribution in [0, 0.1) is 0 Å². The van der Waals surface area contributed by atoms with E-state index < -0.39 is 13.4 Å². The lowest BCUT2D eigenvalue weighted by Crippen LogP contribution is -2.25. The third-order valence-electron chi connectivity index (χ3n) is 3.39. The number of hydrogen-bond acceptors (Lipinski definition) is 5. The van der Waals surface area contributed by atoms with Crippen LogP contribution in [0.5, 0.6) is 0 Å². The fourth-order valence-electron chi connectivity index (χ4n) is 2.22. The predicted octanol–water partition coefficient (Wildman–Crippen LogP) is 3.40. The minimum absolute atomic E-state index is 0.507. The average molecular weight is 320 g/mol. The fraction of sp³-hybridized carbons (Fsp3) is 0.312. The van der Waals surface area contributed by atoms with Crippen LogP contribution < -0.4 is 5.32 Å². The molecule has 6 heteroatoms. The van der Waals surface area contributed by atoms with Crippen molar-refractivity contribution in [3.63, 3.8) is 0 Å². The predicted molar refractivity (Wildman–Crippen MR) is 86.8 cm³/mol. The van der Waals surface area contributed by atoms with Gasteiger partial charge in [0.25, 0.3) is 0 Å². The van der Waals surface area contributed by atoms with Crippen molar-refractivity contribution in [2.45, 2.75) is 12.2 Å². The summed E-state index contributed by atoms with van der Waals surface area (Å²) in [7, 11) is -0.459. The van der Waals surface area contributed by atoms with E-state index in [-0.39, 0.29) is 0 Å². The van der Waals surface area contributed by atoms with Gasteiger partial charge in [0, 0.05) is 39.1 Å². The van der Waals surface area contributed by atoms with E-state index in [1.165, 1.54) is 14.2 Å². The Bertz CT molecular complexity index is 599. The number of hydrogen-bond donors (Lipinski definition) is 1. The number of pyridine rings is 1. The van der Waals surface area contributed by atoms with E-state index in [1.54, 1.807) is 6.20 Å². The molecule has 118 valence electrons. The second kappa shape index (κ2) is 8.20. The molecule has 0 saturated heterocycles. The molecule has 2 aromatic rings. The molecule has 1 unspecified atom stereocenters.